The van der Waals surface area contributed by atoms with E-state index in [1.807, 2.05) is 6.92 Å². The first-order valence-corrected chi connectivity index (χ1v) is 9.88. The maximum Gasteiger partial charge on any atom is 0.247 e. The van der Waals surface area contributed by atoms with Gasteiger partial charge in [0.15, 0.2) is 0 Å². The zero-order chi connectivity index (χ0) is 17.7. The molecule has 0 spiro atoms. The molecule has 1 saturated heterocycles. The molecule has 136 valence electrons. The Bertz CT molecular complexity index is 651. The van der Waals surface area contributed by atoms with E-state index in [1.54, 1.807) is 19.2 Å². The Kier molecular flexibility index (Phi) is 6.88. The average Bonchev–Trinajstić information content (AvgIpc) is 2.56. The first-order valence-electron chi connectivity index (χ1n) is 8.06. The van der Waals surface area contributed by atoms with Crippen molar-refractivity contribution in [1.82, 2.24) is 4.31 Å². The molecule has 1 fully saturated rings. The van der Waals surface area contributed by atoms with Crippen LogP contribution >= 0.6 is 11.6 Å². The number of piperidine rings is 1. The Morgan fingerprint density at radius 3 is 2.79 bits per heavy atom. The van der Waals surface area contributed by atoms with Gasteiger partial charge >= 0.3 is 0 Å². The van der Waals surface area contributed by atoms with Crippen molar-refractivity contribution in [3.63, 3.8) is 0 Å². The maximum absolute atomic E-state index is 13.2. The van der Waals surface area contributed by atoms with Gasteiger partial charge in [-0.25, -0.2) is 8.42 Å². The van der Waals surface area contributed by atoms with E-state index in [0.717, 1.165) is 19.3 Å². The van der Waals surface area contributed by atoms with E-state index in [0.29, 0.717) is 18.2 Å². The molecule has 1 heterocycles. The molecule has 2 atom stereocenters. The van der Waals surface area contributed by atoms with Crippen molar-refractivity contribution >= 4 is 21.6 Å². The van der Waals surface area contributed by atoms with E-state index in [2.05, 4.69) is 0 Å². The number of benzene rings is 1. The van der Waals surface area contributed by atoms with Gasteiger partial charge in [0.1, 0.15) is 17.3 Å². The Balaban J connectivity index is 2.38. The van der Waals surface area contributed by atoms with Crippen LogP contribution in [0.15, 0.2) is 23.1 Å². The van der Waals surface area contributed by atoms with Crippen LogP contribution in [0, 0.1) is 0 Å². The van der Waals surface area contributed by atoms with Crippen LogP contribution < -0.4 is 10.5 Å². The highest BCUT2D eigenvalue weighted by atomic mass is 35.5. The molecule has 1 aromatic carbocycles. The normalized spacial score (nSPS) is 20.8. The van der Waals surface area contributed by atoms with Crippen molar-refractivity contribution in [2.75, 3.05) is 26.9 Å². The fraction of sp³-hybridized carbons (Fsp3) is 0.625. The van der Waals surface area contributed by atoms with Crippen molar-refractivity contribution in [3.05, 3.63) is 23.2 Å². The molecule has 0 saturated carbocycles. The minimum absolute atomic E-state index is 0.0821. The van der Waals surface area contributed by atoms with Crippen molar-refractivity contribution in [2.24, 2.45) is 5.73 Å². The quantitative estimate of drug-likeness (QED) is 0.738. The predicted octanol–water partition coefficient (Wildman–Crippen LogP) is 2.26. The van der Waals surface area contributed by atoms with Gasteiger partial charge in [-0.3, -0.25) is 0 Å². The summed E-state index contributed by atoms with van der Waals surface area (Å²) in [5, 5.41) is 0.349. The van der Waals surface area contributed by atoms with Crippen molar-refractivity contribution < 1.29 is 17.9 Å². The number of rotatable bonds is 7. The van der Waals surface area contributed by atoms with Gasteiger partial charge in [0.25, 0.3) is 0 Å². The Morgan fingerprint density at radius 1 is 1.38 bits per heavy atom. The number of methoxy groups -OCH3 is 1. The third-order valence-electron chi connectivity index (χ3n) is 4.14. The van der Waals surface area contributed by atoms with E-state index in [9.17, 15) is 8.42 Å². The van der Waals surface area contributed by atoms with Crippen LogP contribution in [-0.2, 0) is 14.8 Å². The molecule has 0 aliphatic carbocycles. The van der Waals surface area contributed by atoms with E-state index >= 15 is 0 Å². The largest absolute Gasteiger partial charge is 0.490 e. The molecule has 2 rings (SSSR count). The van der Waals surface area contributed by atoms with E-state index in [1.165, 1.54) is 10.4 Å². The third-order valence-corrected chi connectivity index (χ3v) is 6.32. The molecule has 0 radical (unpaired) electrons. The molecule has 1 aliphatic heterocycles. The van der Waals surface area contributed by atoms with Crippen molar-refractivity contribution in [2.45, 2.75) is 43.2 Å². The summed E-state index contributed by atoms with van der Waals surface area (Å²) in [5.41, 5.74) is 6.02. The summed E-state index contributed by atoms with van der Waals surface area (Å²) in [6.07, 6.45) is 2.56. The number of sulfonamides is 1. The van der Waals surface area contributed by atoms with Gasteiger partial charge in [0.2, 0.25) is 10.0 Å². The summed E-state index contributed by atoms with van der Waals surface area (Å²) in [7, 11) is -2.18. The average molecular weight is 377 g/mol. The lowest BCUT2D eigenvalue weighted by atomic mass is 10.00. The molecule has 2 N–H and O–H groups in total. The Labute approximate surface area is 148 Å². The second-order valence-electron chi connectivity index (χ2n) is 5.97. The summed E-state index contributed by atoms with van der Waals surface area (Å²) in [6, 6.07) is 4.18. The van der Waals surface area contributed by atoms with Crippen LogP contribution in [0.3, 0.4) is 0 Å². The zero-order valence-electron chi connectivity index (χ0n) is 14.1. The molecule has 1 aromatic rings. The number of nitrogens with two attached hydrogens (primary N) is 1. The van der Waals surface area contributed by atoms with Gasteiger partial charge in [-0.05, 0) is 38.0 Å². The number of hydrogen-bond donors (Lipinski definition) is 1. The van der Waals surface area contributed by atoms with E-state index in [-0.39, 0.29) is 29.3 Å². The topological polar surface area (TPSA) is 81.9 Å². The smallest absolute Gasteiger partial charge is 0.247 e. The highest BCUT2D eigenvalue weighted by Gasteiger charge is 2.37. The van der Waals surface area contributed by atoms with E-state index < -0.39 is 10.0 Å². The predicted molar refractivity (Wildman–Crippen MR) is 94.0 cm³/mol. The molecule has 6 nitrogen and oxygen atoms in total. The van der Waals surface area contributed by atoms with Crippen LogP contribution in [0.1, 0.15) is 26.2 Å². The SMILES string of the molecule is COCCOc1ccc(Cl)cc1S(=O)(=O)N1CCCCC1C(C)N. The fourth-order valence-corrected chi connectivity index (χ4v) is 5.09. The van der Waals surface area contributed by atoms with Gasteiger partial charge in [-0.2, -0.15) is 4.31 Å². The Morgan fingerprint density at radius 2 is 2.12 bits per heavy atom. The summed E-state index contributed by atoms with van der Waals surface area (Å²) >= 11 is 6.03. The lowest BCUT2D eigenvalue weighted by molar-refractivity contribution is 0.144. The maximum atomic E-state index is 13.2. The van der Waals surface area contributed by atoms with Gasteiger partial charge in [-0.1, -0.05) is 18.0 Å². The molecule has 1 aliphatic rings. The fourth-order valence-electron chi connectivity index (χ4n) is 2.92. The molecule has 0 bridgehead atoms. The number of nitrogens with zero attached hydrogens (tertiary/aromatic N) is 1. The van der Waals surface area contributed by atoms with Gasteiger partial charge in [0, 0.05) is 30.8 Å². The van der Waals surface area contributed by atoms with Gasteiger partial charge in [-0.15, -0.1) is 0 Å². The van der Waals surface area contributed by atoms with Crippen LogP contribution in [0.5, 0.6) is 5.75 Å². The third kappa shape index (κ3) is 4.40. The standard InChI is InChI=1S/C16H25ClN2O4S/c1-12(18)14-5-3-4-8-19(14)24(20,21)16-11-13(17)6-7-15(16)23-10-9-22-2/h6-7,11-12,14H,3-5,8-10,18H2,1-2H3. The van der Waals surface area contributed by atoms with Crippen molar-refractivity contribution in [1.29, 1.82) is 0 Å². The van der Waals surface area contributed by atoms with Crippen LogP contribution in [0.25, 0.3) is 0 Å². The summed E-state index contributed by atoms with van der Waals surface area (Å²) < 4.78 is 38.4. The number of halogens is 1. The van der Waals surface area contributed by atoms with Crippen LogP contribution in [0.2, 0.25) is 5.02 Å². The minimum atomic E-state index is -3.74. The monoisotopic (exact) mass is 376 g/mol. The lowest BCUT2D eigenvalue weighted by Crippen LogP contribution is -2.51. The number of ether oxygens (including phenoxy) is 2. The second-order valence-corrected chi connectivity index (χ2v) is 8.27. The molecule has 2 unspecified atom stereocenters. The van der Waals surface area contributed by atoms with Crippen molar-refractivity contribution in [3.8, 4) is 5.75 Å². The molecular formula is C16H25ClN2O4S. The second kappa shape index (κ2) is 8.49. The molecule has 0 aromatic heterocycles. The Hall–Kier alpha value is -0.860. The zero-order valence-corrected chi connectivity index (χ0v) is 15.6. The summed E-state index contributed by atoms with van der Waals surface area (Å²) in [6.45, 7) is 2.93. The summed E-state index contributed by atoms with van der Waals surface area (Å²) in [4.78, 5) is 0.0821. The van der Waals surface area contributed by atoms with Gasteiger partial charge in [0.05, 0.1) is 6.61 Å². The first-order chi connectivity index (χ1) is 11.4. The van der Waals surface area contributed by atoms with Gasteiger partial charge < -0.3 is 15.2 Å². The highest BCUT2D eigenvalue weighted by molar-refractivity contribution is 7.89. The molecule has 0 amide bonds. The lowest BCUT2D eigenvalue weighted by Gasteiger charge is -2.37. The molecular weight excluding hydrogens is 352 g/mol. The minimum Gasteiger partial charge on any atom is -0.490 e. The highest BCUT2D eigenvalue weighted by Crippen LogP contribution is 2.33. The van der Waals surface area contributed by atoms with Crippen LogP contribution in [-0.4, -0.2) is 51.7 Å². The van der Waals surface area contributed by atoms with E-state index in [4.69, 9.17) is 26.8 Å². The molecule has 8 heteroatoms. The summed E-state index contributed by atoms with van der Waals surface area (Å²) in [5.74, 6) is 0.283. The number of hydrogen-bond acceptors (Lipinski definition) is 5. The van der Waals surface area contributed by atoms with Crippen LogP contribution in [0.4, 0.5) is 0 Å². The molecule has 24 heavy (non-hydrogen) atoms. The first kappa shape index (κ1) is 19.5.